The Labute approximate surface area is 173 Å². The summed E-state index contributed by atoms with van der Waals surface area (Å²) < 4.78 is 0. The molecule has 9 heteroatoms. The predicted molar refractivity (Wildman–Crippen MR) is 108 cm³/mol. The van der Waals surface area contributed by atoms with E-state index in [1.807, 2.05) is 29.2 Å². The number of anilines is 2. The van der Waals surface area contributed by atoms with Crippen LogP contribution in [0.2, 0.25) is 10.2 Å². The van der Waals surface area contributed by atoms with Crippen LogP contribution in [0.3, 0.4) is 0 Å². The summed E-state index contributed by atoms with van der Waals surface area (Å²) in [4.78, 5) is 27.1. The molecule has 7 nitrogen and oxygen atoms in total. The maximum Gasteiger partial charge on any atom is 0.324 e. The molecule has 1 unspecified atom stereocenters. The smallest absolute Gasteiger partial charge is 0.324 e. The SMILES string of the molecule is N#Cc1ncc(N2CCCC(N3CCN(c4cccc(Cl)c4)C3=O)C2)nc1Cl. The highest BCUT2D eigenvalue weighted by atomic mass is 35.5. The second-order valence-corrected chi connectivity index (χ2v) is 7.62. The van der Waals surface area contributed by atoms with Gasteiger partial charge in [0.15, 0.2) is 10.8 Å². The molecule has 1 aromatic heterocycles. The van der Waals surface area contributed by atoms with Crippen LogP contribution in [0.25, 0.3) is 0 Å². The van der Waals surface area contributed by atoms with E-state index >= 15 is 0 Å². The number of nitrogens with zero attached hydrogens (tertiary/aromatic N) is 6. The number of aromatic nitrogens is 2. The molecule has 0 bridgehead atoms. The van der Waals surface area contributed by atoms with Crippen molar-refractivity contribution in [2.45, 2.75) is 18.9 Å². The minimum atomic E-state index is -0.00179. The highest BCUT2D eigenvalue weighted by Crippen LogP contribution is 2.28. The second kappa shape index (κ2) is 7.82. The minimum absolute atomic E-state index is 0.00179. The van der Waals surface area contributed by atoms with Crippen molar-refractivity contribution in [3.05, 3.63) is 46.3 Å². The first-order valence-electron chi connectivity index (χ1n) is 9.08. The molecule has 0 N–H and O–H groups in total. The summed E-state index contributed by atoms with van der Waals surface area (Å²) in [5.74, 6) is 0.632. The van der Waals surface area contributed by atoms with Crippen molar-refractivity contribution < 1.29 is 4.79 Å². The third-order valence-electron chi connectivity index (χ3n) is 5.15. The summed E-state index contributed by atoms with van der Waals surface area (Å²) in [5.41, 5.74) is 0.934. The zero-order chi connectivity index (χ0) is 19.7. The van der Waals surface area contributed by atoms with Crippen LogP contribution >= 0.6 is 23.2 Å². The van der Waals surface area contributed by atoms with Crippen LogP contribution < -0.4 is 9.80 Å². The van der Waals surface area contributed by atoms with E-state index in [0.717, 1.165) is 25.1 Å². The van der Waals surface area contributed by atoms with Gasteiger partial charge in [-0.3, -0.25) is 4.90 Å². The van der Waals surface area contributed by atoms with Crippen LogP contribution in [0, 0.1) is 11.3 Å². The zero-order valence-corrected chi connectivity index (χ0v) is 16.6. The number of piperidine rings is 1. The van der Waals surface area contributed by atoms with Crippen molar-refractivity contribution in [2.24, 2.45) is 0 Å². The first kappa shape index (κ1) is 18.8. The average molecular weight is 417 g/mol. The van der Waals surface area contributed by atoms with Gasteiger partial charge in [0.25, 0.3) is 0 Å². The zero-order valence-electron chi connectivity index (χ0n) is 15.1. The Morgan fingerprint density at radius 1 is 1.21 bits per heavy atom. The third kappa shape index (κ3) is 3.58. The molecular weight excluding hydrogens is 399 g/mol. The van der Waals surface area contributed by atoms with E-state index in [-0.39, 0.29) is 22.9 Å². The standard InChI is InChI=1S/C19H18Cl2N6O/c20-13-3-1-4-14(9-13)26-7-8-27(19(26)28)15-5-2-6-25(12-15)17-11-23-16(10-22)18(21)24-17/h1,3-4,9,11,15H,2,5-8,12H2. The lowest BCUT2D eigenvalue weighted by Gasteiger charge is -2.37. The molecule has 2 aromatic rings. The summed E-state index contributed by atoms with van der Waals surface area (Å²) >= 11 is 12.1. The predicted octanol–water partition coefficient (Wildman–Crippen LogP) is 3.57. The van der Waals surface area contributed by atoms with Crippen LogP contribution in [0.1, 0.15) is 18.5 Å². The van der Waals surface area contributed by atoms with E-state index in [0.29, 0.717) is 30.5 Å². The molecule has 2 fully saturated rings. The van der Waals surface area contributed by atoms with E-state index in [2.05, 4.69) is 14.9 Å². The molecule has 3 heterocycles. The number of halogens is 2. The van der Waals surface area contributed by atoms with Gasteiger partial charge in [-0.05, 0) is 31.0 Å². The van der Waals surface area contributed by atoms with Crippen LogP contribution in [0.5, 0.6) is 0 Å². The molecule has 144 valence electrons. The van der Waals surface area contributed by atoms with Crippen molar-refractivity contribution in [1.82, 2.24) is 14.9 Å². The molecule has 2 saturated heterocycles. The third-order valence-corrected chi connectivity index (χ3v) is 5.64. The lowest BCUT2D eigenvalue weighted by atomic mass is 10.0. The van der Waals surface area contributed by atoms with Gasteiger partial charge in [0.1, 0.15) is 11.9 Å². The molecule has 0 radical (unpaired) electrons. The van der Waals surface area contributed by atoms with Crippen LogP contribution in [0.15, 0.2) is 30.5 Å². The molecule has 2 aliphatic rings. The molecule has 28 heavy (non-hydrogen) atoms. The Hall–Kier alpha value is -2.56. The minimum Gasteiger partial charge on any atom is -0.353 e. The van der Waals surface area contributed by atoms with Gasteiger partial charge < -0.3 is 9.80 Å². The lowest BCUT2D eigenvalue weighted by molar-refractivity contribution is 0.192. The van der Waals surface area contributed by atoms with Crippen molar-refractivity contribution in [3.63, 3.8) is 0 Å². The van der Waals surface area contributed by atoms with Gasteiger partial charge in [-0.2, -0.15) is 5.26 Å². The molecule has 2 amide bonds. The molecule has 0 saturated carbocycles. The number of hydrogen-bond donors (Lipinski definition) is 0. The quantitative estimate of drug-likeness (QED) is 0.763. The fourth-order valence-corrected chi connectivity index (χ4v) is 4.14. The lowest BCUT2D eigenvalue weighted by Crippen LogP contribution is -2.49. The monoisotopic (exact) mass is 416 g/mol. The summed E-state index contributed by atoms with van der Waals surface area (Å²) in [6.45, 7) is 2.78. The van der Waals surface area contributed by atoms with Crippen LogP contribution in [-0.4, -0.2) is 53.1 Å². The van der Waals surface area contributed by atoms with Gasteiger partial charge in [0.05, 0.1) is 12.2 Å². The number of urea groups is 1. The fraction of sp³-hybridized carbons (Fsp3) is 0.368. The summed E-state index contributed by atoms with van der Waals surface area (Å²) in [7, 11) is 0. The second-order valence-electron chi connectivity index (χ2n) is 6.83. The van der Waals surface area contributed by atoms with Crippen molar-refractivity contribution >= 4 is 40.7 Å². The van der Waals surface area contributed by atoms with E-state index < -0.39 is 0 Å². The van der Waals surface area contributed by atoms with E-state index in [1.165, 1.54) is 0 Å². The number of carbonyl (C=O) groups is 1. The maximum atomic E-state index is 13.0. The Morgan fingerprint density at radius 3 is 2.82 bits per heavy atom. The Kier molecular flexibility index (Phi) is 5.25. The van der Waals surface area contributed by atoms with Crippen LogP contribution in [0.4, 0.5) is 16.3 Å². The van der Waals surface area contributed by atoms with Crippen molar-refractivity contribution in [2.75, 3.05) is 36.0 Å². The normalized spacial score (nSPS) is 19.8. The number of amides is 2. The number of hydrogen-bond acceptors (Lipinski definition) is 5. The van der Waals surface area contributed by atoms with Gasteiger partial charge in [0, 0.05) is 36.9 Å². The summed E-state index contributed by atoms with van der Waals surface area (Å²) in [6, 6.07) is 9.36. The van der Waals surface area contributed by atoms with Gasteiger partial charge >= 0.3 is 6.03 Å². The first-order valence-corrected chi connectivity index (χ1v) is 9.83. The first-order chi connectivity index (χ1) is 13.6. The van der Waals surface area contributed by atoms with Crippen molar-refractivity contribution in [3.8, 4) is 6.07 Å². The molecule has 4 rings (SSSR count). The Bertz CT molecular complexity index is 946. The van der Waals surface area contributed by atoms with E-state index in [4.69, 9.17) is 28.5 Å². The molecule has 1 aromatic carbocycles. The highest BCUT2D eigenvalue weighted by molar-refractivity contribution is 6.31. The summed E-state index contributed by atoms with van der Waals surface area (Å²) in [5, 5.41) is 9.68. The van der Waals surface area contributed by atoms with Crippen molar-refractivity contribution in [1.29, 1.82) is 5.26 Å². The number of benzene rings is 1. The van der Waals surface area contributed by atoms with Gasteiger partial charge in [0.2, 0.25) is 0 Å². The molecule has 2 aliphatic heterocycles. The topological polar surface area (TPSA) is 76.4 Å². The molecule has 0 aliphatic carbocycles. The largest absolute Gasteiger partial charge is 0.353 e. The van der Waals surface area contributed by atoms with Gasteiger partial charge in [-0.1, -0.05) is 29.3 Å². The van der Waals surface area contributed by atoms with Gasteiger partial charge in [-0.25, -0.2) is 14.8 Å². The van der Waals surface area contributed by atoms with Crippen LogP contribution in [-0.2, 0) is 0 Å². The molecule has 1 atom stereocenters. The summed E-state index contributed by atoms with van der Waals surface area (Å²) in [6.07, 6.45) is 3.44. The number of rotatable bonds is 3. The van der Waals surface area contributed by atoms with Gasteiger partial charge in [-0.15, -0.1) is 0 Å². The van der Waals surface area contributed by atoms with E-state index in [1.54, 1.807) is 17.2 Å². The fourth-order valence-electron chi connectivity index (χ4n) is 3.78. The Balaban J connectivity index is 1.48. The average Bonchev–Trinajstić information content (AvgIpc) is 3.09. The highest BCUT2D eigenvalue weighted by Gasteiger charge is 2.36. The Morgan fingerprint density at radius 2 is 2.07 bits per heavy atom. The molecular formula is C19H18Cl2N6O. The number of carbonyl (C=O) groups excluding carboxylic acids is 1. The number of nitriles is 1. The van der Waals surface area contributed by atoms with E-state index in [9.17, 15) is 4.79 Å². The maximum absolute atomic E-state index is 13.0. The molecule has 0 spiro atoms.